The SMILES string of the molecule is COc1ccc(C(=O)[C@H](F)C#N)cc1. The van der Waals surface area contributed by atoms with E-state index in [4.69, 9.17) is 10.00 Å². The van der Waals surface area contributed by atoms with E-state index in [-0.39, 0.29) is 5.56 Å². The Kier molecular flexibility index (Phi) is 3.19. The van der Waals surface area contributed by atoms with E-state index < -0.39 is 12.0 Å². The lowest BCUT2D eigenvalue weighted by Crippen LogP contribution is -2.13. The number of rotatable bonds is 3. The van der Waals surface area contributed by atoms with Gasteiger partial charge in [-0.3, -0.25) is 4.79 Å². The Labute approximate surface area is 80.7 Å². The fourth-order valence-electron chi connectivity index (χ4n) is 0.960. The number of halogens is 1. The molecule has 0 heterocycles. The smallest absolute Gasteiger partial charge is 0.248 e. The minimum Gasteiger partial charge on any atom is -0.497 e. The van der Waals surface area contributed by atoms with E-state index in [1.165, 1.54) is 37.4 Å². The molecule has 1 rings (SSSR count). The van der Waals surface area contributed by atoms with Crippen molar-refractivity contribution in [1.29, 1.82) is 5.26 Å². The Bertz CT molecular complexity index is 367. The highest BCUT2D eigenvalue weighted by Crippen LogP contribution is 2.13. The highest BCUT2D eigenvalue weighted by molar-refractivity contribution is 6.01. The zero-order valence-electron chi connectivity index (χ0n) is 7.53. The van der Waals surface area contributed by atoms with Crippen LogP contribution < -0.4 is 4.74 Å². The van der Waals surface area contributed by atoms with Crippen LogP contribution in [0.1, 0.15) is 10.4 Å². The fraction of sp³-hybridized carbons (Fsp3) is 0.200. The van der Waals surface area contributed by atoms with Gasteiger partial charge in [-0.1, -0.05) is 0 Å². The van der Waals surface area contributed by atoms with Gasteiger partial charge in [-0.2, -0.15) is 5.26 Å². The molecule has 1 atom stereocenters. The molecule has 0 radical (unpaired) electrons. The summed E-state index contributed by atoms with van der Waals surface area (Å²) in [7, 11) is 1.49. The van der Waals surface area contributed by atoms with Crippen molar-refractivity contribution in [3.05, 3.63) is 29.8 Å². The third-order valence-electron chi connectivity index (χ3n) is 1.72. The van der Waals surface area contributed by atoms with E-state index in [2.05, 4.69) is 0 Å². The number of methoxy groups -OCH3 is 1. The summed E-state index contributed by atoms with van der Waals surface area (Å²) in [6.45, 7) is 0. The summed E-state index contributed by atoms with van der Waals surface area (Å²) < 4.78 is 17.5. The van der Waals surface area contributed by atoms with Crippen molar-refractivity contribution in [2.24, 2.45) is 0 Å². The quantitative estimate of drug-likeness (QED) is 0.687. The Morgan fingerprint density at radius 1 is 1.50 bits per heavy atom. The van der Waals surface area contributed by atoms with Gasteiger partial charge in [0.15, 0.2) is 0 Å². The van der Waals surface area contributed by atoms with Crippen LogP contribution >= 0.6 is 0 Å². The first kappa shape index (κ1) is 10.2. The second-order valence-electron chi connectivity index (χ2n) is 2.58. The third-order valence-corrected chi connectivity index (χ3v) is 1.72. The van der Waals surface area contributed by atoms with E-state index in [0.717, 1.165) is 0 Å². The van der Waals surface area contributed by atoms with E-state index in [1.54, 1.807) is 0 Å². The number of carbonyl (C=O) groups is 1. The van der Waals surface area contributed by atoms with Gasteiger partial charge in [0.25, 0.3) is 0 Å². The summed E-state index contributed by atoms with van der Waals surface area (Å²) in [5.41, 5.74) is 0.167. The van der Waals surface area contributed by atoms with Crippen molar-refractivity contribution in [3.8, 4) is 11.8 Å². The Morgan fingerprint density at radius 2 is 2.07 bits per heavy atom. The van der Waals surface area contributed by atoms with Crippen LogP contribution in [0.5, 0.6) is 5.75 Å². The molecule has 0 fully saturated rings. The van der Waals surface area contributed by atoms with Crippen LogP contribution in [-0.4, -0.2) is 19.1 Å². The van der Waals surface area contributed by atoms with Crippen LogP contribution in [0.4, 0.5) is 4.39 Å². The van der Waals surface area contributed by atoms with Crippen molar-refractivity contribution in [2.45, 2.75) is 6.17 Å². The van der Waals surface area contributed by atoms with Gasteiger partial charge < -0.3 is 4.74 Å². The number of nitrogens with zero attached hydrogens (tertiary/aromatic N) is 1. The highest BCUT2D eigenvalue weighted by atomic mass is 19.1. The molecule has 3 nitrogen and oxygen atoms in total. The molecule has 0 aromatic heterocycles. The van der Waals surface area contributed by atoms with Crippen LogP contribution in [0.3, 0.4) is 0 Å². The first-order valence-electron chi connectivity index (χ1n) is 3.91. The average Bonchev–Trinajstić information content (AvgIpc) is 2.27. The predicted octanol–water partition coefficient (Wildman–Crippen LogP) is 1.74. The molecule has 0 saturated carbocycles. The number of ether oxygens (including phenoxy) is 1. The molecule has 0 spiro atoms. The summed E-state index contributed by atoms with van der Waals surface area (Å²) in [4.78, 5) is 11.1. The van der Waals surface area contributed by atoms with Crippen LogP contribution in [0, 0.1) is 11.3 Å². The Balaban J connectivity index is 2.88. The second kappa shape index (κ2) is 4.38. The Morgan fingerprint density at radius 3 is 2.50 bits per heavy atom. The molecular formula is C10H8FNO2. The molecule has 72 valence electrons. The number of hydrogen-bond donors (Lipinski definition) is 0. The second-order valence-corrected chi connectivity index (χ2v) is 2.58. The molecule has 0 aliphatic heterocycles. The molecule has 0 aliphatic rings. The maximum Gasteiger partial charge on any atom is 0.248 e. The fourth-order valence-corrected chi connectivity index (χ4v) is 0.960. The van der Waals surface area contributed by atoms with Crippen LogP contribution in [0.2, 0.25) is 0 Å². The minimum atomic E-state index is -2.09. The molecule has 0 amide bonds. The van der Waals surface area contributed by atoms with Crippen molar-refractivity contribution in [1.82, 2.24) is 0 Å². The maximum atomic E-state index is 12.7. The predicted molar refractivity (Wildman–Crippen MR) is 47.8 cm³/mol. The normalized spacial score (nSPS) is 11.5. The molecule has 0 bridgehead atoms. The lowest BCUT2D eigenvalue weighted by molar-refractivity contribution is 0.0918. The average molecular weight is 193 g/mol. The van der Waals surface area contributed by atoms with Crippen molar-refractivity contribution >= 4 is 5.78 Å². The number of nitriles is 1. The van der Waals surface area contributed by atoms with Gasteiger partial charge >= 0.3 is 0 Å². The molecule has 1 aromatic rings. The maximum absolute atomic E-state index is 12.7. The third kappa shape index (κ3) is 2.07. The van der Waals surface area contributed by atoms with Gasteiger partial charge in [-0.25, -0.2) is 4.39 Å². The standard InChI is InChI=1S/C10H8FNO2/c1-14-8-4-2-7(3-5-8)10(13)9(11)6-12/h2-5,9H,1H3/t9-/m1/s1. The van der Waals surface area contributed by atoms with E-state index >= 15 is 0 Å². The first-order valence-corrected chi connectivity index (χ1v) is 3.91. The first-order chi connectivity index (χ1) is 6.69. The number of carbonyl (C=O) groups excluding carboxylic acids is 1. The largest absolute Gasteiger partial charge is 0.497 e. The van der Waals surface area contributed by atoms with Gasteiger partial charge in [0.1, 0.15) is 11.8 Å². The molecule has 0 unspecified atom stereocenters. The number of hydrogen-bond acceptors (Lipinski definition) is 3. The minimum absolute atomic E-state index is 0.167. The summed E-state index contributed by atoms with van der Waals surface area (Å²) >= 11 is 0. The topological polar surface area (TPSA) is 50.1 Å². The summed E-state index contributed by atoms with van der Waals surface area (Å²) in [5.74, 6) is -0.246. The van der Waals surface area contributed by atoms with Crippen molar-refractivity contribution < 1.29 is 13.9 Å². The zero-order valence-corrected chi connectivity index (χ0v) is 7.53. The van der Waals surface area contributed by atoms with Gasteiger partial charge in [-0.15, -0.1) is 0 Å². The number of alkyl halides is 1. The summed E-state index contributed by atoms with van der Waals surface area (Å²) in [5, 5.41) is 8.20. The van der Waals surface area contributed by atoms with Crippen molar-refractivity contribution in [3.63, 3.8) is 0 Å². The summed E-state index contributed by atoms with van der Waals surface area (Å²) in [6.07, 6.45) is -2.09. The molecule has 0 N–H and O–H groups in total. The van der Waals surface area contributed by atoms with Crippen LogP contribution in [0.25, 0.3) is 0 Å². The van der Waals surface area contributed by atoms with E-state index in [1.807, 2.05) is 0 Å². The van der Waals surface area contributed by atoms with Gasteiger partial charge in [0.2, 0.25) is 12.0 Å². The molecule has 14 heavy (non-hydrogen) atoms. The number of benzene rings is 1. The zero-order chi connectivity index (χ0) is 10.6. The lowest BCUT2D eigenvalue weighted by atomic mass is 10.1. The summed E-state index contributed by atoms with van der Waals surface area (Å²) in [6, 6.07) is 7.17. The number of Topliss-reactive ketones (excluding diaryl/α,β-unsaturated/α-hetero) is 1. The van der Waals surface area contributed by atoms with Gasteiger partial charge in [0.05, 0.1) is 7.11 Å². The van der Waals surface area contributed by atoms with E-state index in [9.17, 15) is 9.18 Å². The van der Waals surface area contributed by atoms with Crippen molar-refractivity contribution in [2.75, 3.05) is 7.11 Å². The molecular weight excluding hydrogens is 185 g/mol. The van der Waals surface area contributed by atoms with Crippen LogP contribution in [-0.2, 0) is 0 Å². The molecule has 1 aromatic carbocycles. The van der Waals surface area contributed by atoms with E-state index in [0.29, 0.717) is 5.75 Å². The number of ketones is 1. The lowest BCUT2D eigenvalue weighted by Gasteiger charge is -2.01. The monoisotopic (exact) mass is 193 g/mol. The Hall–Kier alpha value is -1.89. The van der Waals surface area contributed by atoms with Gasteiger partial charge in [-0.05, 0) is 24.3 Å². The molecule has 0 aliphatic carbocycles. The molecule has 4 heteroatoms. The van der Waals surface area contributed by atoms with Crippen LogP contribution in [0.15, 0.2) is 24.3 Å². The molecule has 0 saturated heterocycles. The van der Waals surface area contributed by atoms with Gasteiger partial charge in [0, 0.05) is 5.56 Å². The highest BCUT2D eigenvalue weighted by Gasteiger charge is 2.17.